The lowest BCUT2D eigenvalue weighted by atomic mass is 9.87. The van der Waals surface area contributed by atoms with Crippen LogP contribution in [0.4, 0.5) is 35.0 Å². The number of rotatable bonds is 7. The van der Waals surface area contributed by atoms with Gasteiger partial charge in [0.1, 0.15) is 0 Å². The smallest absolute Gasteiger partial charge is 0.371 e. The van der Waals surface area contributed by atoms with Crippen LogP contribution in [0.1, 0.15) is 63.6 Å². The van der Waals surface area contributed by atoms with Crippen LogP contribution in [0.25, 0.3) is 0 Å². The van der Waals surface area contributed by atoms with Crippen molar-refractivity contribution in [2.45, 2.75) is 71.1 Å². The number of anilines is 3. The summed E-state index contributed by atoms with van der Waals surface area (Å²) in [5.74, 6) is 0.0423. The molecule has 3 aromatic rings. The predicted octanol–water partition coefficient (Wildman–Crippen LogP) is 7.76. The normalized spacial score (nSPS) is 16.7. The third-order valence-electron chi connectivity index (χ3n) is 9.24. The van der Waals surface area contributed by atoms with E-state index < -0.39 is 11.7 Å². The summed E-state index contributed by atoms with van der Waals surface area (Å²) in [6.07, 6.45) is -2.76. The minimum atomic E-state index is -4.45. The first-order valence-electron chi connectivity index (χ1n) is 16.5. The van der Waals surface area contributed by atoms with Gasteiger partial charge in [0, 0.05) is 75.3 Å². The van der Waals surface area contributed by atoms with Crippen LogP contribution in [0.3, 0.4) is 0 Å². The lowest BCUT2D eigenvalue weighted by Gasteiger charge is -2.41. The van der Waals surface area contributed by atoms with Crippen molar-refractivity contribution in [3.63, 3.8) is 0 Å². The molecule has 0 aromatic heterocycles. The van der Waals surface area contributed by atoms with Crippen LogP contribution in [0.2, 0.25) is 0 Å². The average Bonchev–Trinajstić information content (AvgIpc) is 3.05. The Morgan fingerprint density at radius 1 is 0.830 bits per heavy atom. The molecule has 7 nitrogen and oxygen atoms in total. The molecule has 0 radical (unpaired) electrons. The molecule has 10 heteroatoms. The summed E-state index contributed by atoms with van der Waals surface area (Å²) in [6, 6.07) is 21.4. The molecule has 2 fully saturated rings. The van der Waals surface area contributed by atoms with Crippen molar-refractivity contribution in [3.8, 4) is 0 Å². The standard InChI is InChI=1S/C37H46F3N5O2/c1-5-34(46)45(31-9-7-6-8-10-31)32-17-19-43(20-18-32)33-25-29(37(38,39)40)12-11-27(33)26-42-21-23-44(24-22-42)35(47)41-30-15-13-28(14-16-30)36(2,3)4/h6-16,25,32H,5,17-24,26H2,1-4H3,(H,41,47). The zero-order valence-corrected chi connectivity index (χ0v) is 27.8. The number of piperazine rings is 1. The molecule has 3 amide bonds. The van der Waals surface area contributed by atoms with Gasteiger partial charge in [-0.3, -0.25) is 9.69 Å². The summed E-state index contributed by atoms with van der Waals surface area (Å²) in [4.78, 5) is 33.8. The van der Waals surface area contributed by atoms with Crippen LogP contribution in [0, 0.1) is 0 Å². The quantitative estimate of drug-likeness (QED) is 0.284. The fraction of sp³-hybridized carbons (Fsp3) is 0.459. The number of nitrogens with one attached hydrogen (secondary N) is 1. The Bertz CT molecular complexity index is 1510. The van der Waals surface area contributed by atoms with Gasteiger partial charge in [0.15, 0.2) is 0 Å². The highest BCUT2D eigenvalue weighted by Crippen LogP contribution is 2.36. The number of para-hydroxylation sites is 1. The molecule has 252 valence electrons. The SMILES string of the molecule is CCC(=O)N(c1ccccc1)C1CCN(c2cc(C(F)(F)F)ccc2CN2CCN(C(=O)Nc3ccc(C(C)(C)C)cc3)CC2)CC1. The van der Waals surface area contributed by atoms with Gasteiger partial charge in [0.2, 0.25) is 5.91 Å². The first kappa shape index (κ1) is 34.3. The van der Waals surface area contributed by atoms with E-state index in [2.05, 4.69) is 31.0 Å². The van der Waals surface area contributed by atoms with Gasteiger partial charge in [-0.15, -0.1) is 0 Å². The highest BCUT2D eigenvalue weighted by molar-refractivity contribution is 5.93. The van der Waals surface area contributed by atoms with E-state index in [-0.39, 0.29) is 23.4 Å². The second kappa shape index (κ2) is 14.4. The number of piperidine rings is 1. The first-order chi connectivity index (χ1) is 22.3. The Hall–Kier alpha value is -4.05. The molecule has 2 aliphatic rings. The summed E-state index contributed by atoms with van der Waals surface area (Å²) < 4.78 is 41.5. The highest BCUT2D eigenvalue weighted by atomic mass is 19.4. The van der Waals surface area contributed by atoms with Gasteiger partial charge in [0.25, 0.3) is 0 Å². The number of nitrogens with zero attached hydrogens (tertiary/aromatic N) is 4. The second-order valence-electron chi connectivity index (χ2n) is 13.5. The lowest BCUT2D eigenvalue weighted by Crippen LogP contribution is -2.50. The summed E-state index contributed by atoms with van der Waals surface area (Å²) >= 11 is 0. The number of carbonyl (C=O) groups is 2. The van der Waals surface area contributed by atoms with E-state index in [1.807, 2.05) is 71.3 Å². The van der Waals surface area contributed by atoms with Crippen molar-refractivity contribution in [2.24, 2.45) is 0 Å². The molecule has 0 atom stereocenters. The van der Waals surface area contributed by atoms with Gasteiger partial charge in [-0.05, 0) is 65.8 Å². The Kier molecular flexibility index (Phi) is 10.5. The molecule has 0 aliphatic carbocycles. The molecule has 2 heterocycles. The van der Waals surface area contributed by atoms with Crippen molar-refractivity contribution < 1.29 is 22.8 Å². The molecule has 2 saturated heterocycles. The average molecular weight is 650 g/mol. The number of hydrogen-bond donors (Lipinski definition) is 1. The fourth-order valence-electron chi connectivity index (χ4n) is 6.46. The maximum Gasteiger partial charge on any atom is 0.416 e. The Morgan fingerprint density at radius 2 is 1.45 bits per heavy atom. The second-order valence-corrected chi connectivity index (χ2v) is 13.5. The van der Waals surface area contributed by atoms with Gasteiger partial charge >= 0.3 is 12.2 Å². The molecular formula is C37H46F3N5O2. The fourth-order valence-corrected chi connectivity index (χ4v) is 6.46. The number of urea groups is 1. The molecule has 2 aliphatic heterocycles. The van der Waals surface area contributed by atoms with Gasteiger partial charge < -0.3 is 20.0 Å². The number of carbonyl (C=O) groups excluding carboxylic acids is 2. The van der Waals surface area contributed by atoms with E-state index >= 15 is 0 Å². The van der Waals surface area contributed by atoms with E-state index in [4.69, 9.17) is 0 Å². The zero-order chi connectivity index (χ0) is 33.8. The van der Waals surface area contributed by atoms with E-state index in [9.17, 15) is 22.8 Å². The van der Waals surface area contributed by atoms with Crippen molar-refractivity contribution in [3.05, 3.63) is 89.5 Å². The largest absolute Gasteiger partial charge is 0.416 e. The Balaban J connectivity index is 1.23. The van der Waals surface area contributed by atoms with Crippen LogP contribution in [-0.4, -0.2) is 67.0 Å². The van der Waals surface area contributed by atoms with Gasteiger partial charge in [-0.25, -0.2) is 4.79 Å². The molecule has 0 bridgehead atoms. The van der Waals surface area contributed by atoms with Gasteiger partial charge in [0.05, 0.1) is 5.56 Å². The van der Waals surface area contributed by atoms with Crippen LogP contribution in [0.5, 0.6) is 0 Å². The maximum atomic E-state index is 13.8. The van der Waals surface area contributed by atoms with Crippen molar-refractivity contribution in [2.75, 3.05) is 54.4 Å². The minimum Gasteiger partial charge on any atom is -0.371 e. The molecule has 0 unspecified atom stereocenters. The van der Waals surface area contributed by atoms with Crippen molar-refractivity contribution >= 4 is 29.0 Å². The number of benzene rings is 3. The Labute approximate surface area is 276 Å². The lowest BCUT2D eigenvalue weighted by molar-refractivity contribution is -0.137. The predicted molar refractivity (Wildman–Crippen MR) is 182 cm³/mol. The zero-order valence-electron chi connectivity index (χ0n) is 27.8. The summed E-state index contributed by atoms with van der Waals surface area (Å²) in [7, 11) is 0. The van der Waals surface area contributed by atoms with E-state index in [0.29, 0.717) is 70.8 Å². The first-order valence-corrected chi connectivity index (χ1v) is 16.5. The van der Waals surface area contributed by atoms with Crippen molar-refractivity contribution in [1.29, 1.82) is 0 Å². The molecule has 0 saturated carbocycles. The van der Waals surface area contributed by atoms with Gasteiger partial charge in [-0.2, -0.15) is 13.2 Å². The molecule has 5 rings (SSSR count). The number of hydrogen-bond acceptors (Lipinski definition) is 4. The van der Waals surface area contributed by atoms with E-state index in [1.54, 1.807) is 11.0 Å². The van der Waals surface area contributed by atoms with Gasteiger partial charge in [-0.1, -0.05) is 64.1 Å². The summed E-state index contributed by atoms with van der Waals surface area (Å²) in [6.45, 7) is 12.1. The van der Waals surface area contributed by atoms with E-state index in [1.165, 1.54) is 11.6 Å². The van der Waals surface area contributed by atoms with Crippen molar-refractivity contribution in [1.82, 2.24) is 9.80 Å². The monoisotopic (exact) mass is 649 g/mol. The number of alkyl halides is 3. The molecule has 0 spiro atoms. The van der Waals surface area contributed by atoms with Crippen LogP contribution < -0.4 is 15.1 Å². The third kappa shape index (κ3) is 8.46. The third-order valence-corrected chi connectivity index (χ3v) is 9.24. The number of halogens is 3. The van der Waals surface area contributed by atoms with E-state index in [0.717, 1.165) is 23.0 Å². The molecule has 47 heavy (non-hydrogen) atoms. The minimum absolute atomic E-state index is 0.0222. The summed E-state index contributed by atoms with van der Waals surface area (Å²) in [5, 5.41) is 2.99. The Morgan fingerprint density at radius 3 is 2.02 bits per heavy atom. The van der Waals surface area contributed by atoms with Crippen LogP contribution in [-0.2, 0) is 22.9 Å². The molecular weight excluding hydrogens is 603 g/mol. The number of amides is 3. The highest BCUT2D eigenvalue weighted by Gasteiger charge is 2.34. The molecule has 1 N–H and O–H groups in total. The topological polar surface area (TPSA) is 59.1 Å². The molecule has 3 aromatic carbocycles. The van der Waals surface area contributed by atoms with Crippen LogP contribution in [0.15, 0.2) is 72.8 Å². The maximum absolute atomic E-state index is 13.8. The van der Waals surface area contributed by atoms with Crippen LogP contribution >= 0.6 is 0 Å². The summed E-state index contributed by atoms with van der Waals surface area (Å²) in [5.41, 5.74) is 3.57.